The molecular weight excluding hydrogens is 366 g/mol. The van der Waals surface area contributed by atoms with Crippen molar-refractivity contribution in [2.45, 2.75) is 49.3 Å². The number of hydrogen-bond donors (Lipinski definition) is 0. The number of sulfone groups is 1. The molecule has 2 heterocycles. The largest absolute Gasteiger partial charge is 0.469 e. The van der Waals surface area contributed by atoms with Gasteiger partial charge in [0.1, 0.15) is 0 Å². The summed E-state index contributed by atoms with van der Waals surface area (Å²) < 4.78 is 31.1. The van der Waals surface area contributed by atoms with Crippen LogP contribution in [0.4, 0.5) is 0 Å². The van der Waals surface area contributed by atoms with Crippen LogP contribution in [0.2, 0.25) is 0 Å². The fourth-order valence-electron chi connectivity index (χ4n) is 3.33. The Kier molecular flexibility index (Phi) is 4.76. The molecule has 1 aliphatic rings. The standard InChI is InChI=1S/C20H23NO5S/c1-20(2,3)27(24,25)14-7-5-6-13(12-14)18(22)17-9-8-16-15(19(23)26-4)10-11-21(16)17/h5-9,12,15H,10-11H2,1-4H3. The van der Waals surface area contributed by atoms with Gasteiger partial charge in [-0.15, -0.1) is 0 Å². The van der Waals surface area contributed by atoms with Crippen LogP contribution in [0.1, 0.15) is 54.9 Å². The van der Waals surface area contributed by atoms with Gasteiger partial charge in [0, 0.05) is 17.8 Å². The molecule has 1 aromatic heterocycles. The highest BCUT2D eigenvalue weighted by atomic mass is 32.2. The van der Waals surface area contributed by atoms with Crippen molar-refractivity contribution in [2.75, 3.05) is 7.11 Å². The van der Waals surface area contributed by atoms with E-state index in [0.717, 1.165) is 5.69 Å². The molecule has 1 atom stereocenters. The average Bonchev–Trinajstić information content (AvgIpc) is 3.21. The molecule has 0 aliphatic carbocycles. The first-order valence-electron chi connectivity index (χ1n) is 8.74. The molecule has 0 bridgehead atoms. The zero-order chi connectivity index (χ0) is 20.0. The van der Waals surface area contributed by atoms with E-state index in [1.54, 1.807) is 45.0 Å². The van der Waals surface area contributed by atoms with Crippen molar-refractivity contribution in [2.24, 2.45) is 0 Å². The lowest BCUT2D eigenvalue weighted by atomic mass is 10.1. The summed E-state index contributed by atoms with van der Waals surface area (Å²) in [5, 5.41) is 0. The van der Waals surface area contributed by atoms with Gasteiger partial charge >= 0.3 is 5.97 Å². The van der Waals surface area contributed by atoms with Crippen molar-refractivity contribution in [1.82, 2.24) is 4.57 Å². The van der Waals surface area contributed by atoms with Gasteiger partial charge in [0.2, 0.25) is 5.78 Å². The topological polar surface area (TPSA) is 82.4 Å². The molecule has 1 aromatic carbocycles. The van der Waals surface area contributed by atoms with Gasteiger partial charge in [0.15, 0.2) is 9.84 Å². The highest BCUT2D eigenvalue weighted by Gasteiger charge is 2.34. The van der Waals surface area contributed by atoms with Crippen LogP contribution in [0, 0.1) is 0 Å². The molecule has 0 radical (unpaired) electrons. The molecule has 0 saturated carbocycles. The van der Waals surface area contributed by atoms with Gasteiger partial charge in [-0.2, -0.15) is 0 Å². The van der Waals surface area contributed by atoms with E-state index in [1.807, 2.05) is 4.57 Å². The summed E-state index contributed by atoms with van der Waals surface area (Å²) in [6.07, 6.45) is 0.585. The minimum absolute atomic E-state index is 0.126. The molecule has 1 aliphatic heterocycles. The second-order valence-electron chi connectivity index (χ2n) is 7.63. The predicted octanol–water partition coefficient (Wildman–Crippen LogP) is 2.95. The molecule has 6 nitrogen and oxygen atoms in total. The smallest absolute Gasteiger partial charge is 0.314 e. The Hall–Kier alpha value is -2.41. The minimum atomic E-state index is -3.56. The molecule has 0 amide bonds. The molecule has 7 heteroatoms. The highest BCUT2D eigenvalue weighted by molar-refractivity contribution is 7.92. The molecule has 0 fully saturated rings. The number of hydrogen-bond acceptors (Lipinski definition) is 5. The fourth-order valence-corrected chi connectivity index (χ4v) is 4.58. The van der Waals surface area contributed by atoms with Crippen LogP contribution in [0.3, 0.4) is 0 Å². The second-order valence-corrected chi connectivity index (χ2v) is 10.3. The number of benzene rings is 1. The number of carbonyl (C=O) groups is 2. The Bertz CT molecular complexity index is 1010. The van der Waals surface area contributed by atoms with Gasteiger partial charge in [-0.05, 0) is 51.5 Å². The zero-order valence-corrected chi connectivity index (χ0v) is 16.7. The number of methoxy groups -OCH3 is 1. The van der Waals surface area contributed by atoms with Gasteiger partial charge in [0.05, 0.1) is 28.4 Å². The van der Waals surface area contributed by atoms with Crippen molar-refractivity contribution in [3.8, 4) is 0 Å². The van der Waals surface area contributed by atoms with Crippen molar-refractivity contribution in [3.05, 3.63) is 53.3 Å². The lowest BCUT2D eigenvalue weighted by Gasteiger charge is -2.19. The summed E-state index contributed by atoms with van der Waals surface area (Å²) >= 11 is 0. The first kappa shape index (κ1) is 19.4. The Morgan fingerprint density at radius 2 is 1.85 bits per heavy atom. The Morgan fingerprint density at radius 3 is 2.48 bits per heavy atom. The van der Waals surface area contributed by atoms with Crippen LogP contribution in [-0.2, 0) is 25.9 Å². The third kappa shape index (κ3) is 3.20. The maximum atomic E-state index is 13.0. The molecule has 0 N–H and O–H groups in total. The molecule has 2 aromatic rings. The van der Waals surface area contributed by atoms with Crippen LogP contribution in [0.25, 0.3) is 0 Å². The fraction of sp³-hybridized carbons (Fsp3) is 0.400. The SMILES string of the molecule is COC(=O)C1CCn2c(C(=O)c3cccc(S(=O)(=O)C(C)(C)C)c3)ccc21. The summed E-state index contributed by atoms with van der Waals surface area (Å²) in [5.41, 5.74) is 1.51. The predicted molar refractivity (Wildman–Crippen MR) is 101 cm³/mol. The van der Waals surface area contributed by atoms with E-state index in [1.165, 1.54) is 19.2 Å². The Morgan fingerprint density at radius 1 is 1.15 bits per heavy atom. The normalized spacial score (nSPS) is 16.8. The third-order valence-corrected chi connectivity index (χ3v) is 7.43. The van der Waals surface area contributed by atoms with E-state index in [-0.39, 0.29) is 22.6 Å². The summed E-state index contributed by atoms with van der Waals surface area (Å²) in [5.74, 6) is -0.953. The number of rotatable bonds is 4. The lowest BCUT2D eigenvalue weighted by Crippen LogP contribution is -2.28. The first-order valence-corrected chi connectivity index (χ1v) is 10.2. The molecule has 0 spiro atoms. The average molecular weight is 389 g/mol. The number of ether oxygens (including phenoxy) is 1. The van der Waals surface area contributed by atoms with Crippen molar-refractivity contribution in [3.63, 3.8) is 0 Å². The number of ketones is 1. The molecular formula is C20H23NO5S. The van der Waals surface area contributed by atoms with E-state index in [0.29, 0.717) is 24.2 Å². The number of nitrogens with zero attached hydrogens (tertiary/aromatic N) is 1. The van der Waals surface area contributed by atoms with E-state index in [4.69, 9.17) is 4.74 Å². The first-order chi connectivity index (χ1) is 12.6. The minimum Gasteiger partial charge on any atom is -0.469 e. The van der Waals surface area contributed by atoms with E-state index < -0.39 is 14.6 Å². The van der Waals surface area contributed by atoms with Crippen LogP contribution < -0.4 is 0 Å². The van der Waals surface area contributed by atoms with Crippen LogP contribution in [0.5, 0.6) is 0 Å². The Labute approximate surface area is 159 Å². The van der Waals surface area contributed by atoms with E-state index in [9.17, 15) is 18.0 Å². The number of fused-ring (bicyclic) bond motifs is 1. The molecule has 1 unspecified atom stereocenters. The number of aromatic nitrogens is 1. The summed E-state index contributed by atoms with van der Waals surface area (Å²) in [7, 11) is -2.21. The quantitative estimate of drug-likeness (QED) is 0.593. The van der Waals surface area contributed by atoms with Crippen molar-refractivity contribution >= 4 is 21.6 Å². The molecule has 27 heavy (non-hydrogen) atoms. The van der Waals surface area contributed by atoms with Crippen molar-refractivity contribution < 1.29 is 22.7 Å². The maximum absolute atomic E-state index is 13.0. The number of esters is 1. The molecule has 0 saturated heterocycles. The van der Waals surface area contributed by atoms with Crippen LogP contribution in [0.15, 0.2) is 41.3 Å². The van der Waals surface area contributed by atoms with Gasteiger partial charge in [-0.25, -0.2) is 8.42 Å². The number of carbonyl (C=O) groups excluding carboxylic acids is 2. The summed E-state index contributed by atoms with van der Waals surface area (Å²) in [4.78, 5) is 25.0. The second kappa shape index (κ2) is 6.64. The summed E-state index contributed by atoms with van der Waals surface area (Å²) in [6, 6.07) is 9.56. The van der Waals surface area contributed by atoms with Gasteiger partial charge in [0.25, 0.3) is 0 Å². The van der Waals surface area contributed by atoms with E-state index in [2.05, 4.69) is 0 Å². The highest BCUT2D eigenvalue weighted by Crippen LogP contribution is 2.32. The van der Waals surface area contributed by atoms with Gasteiger partial charge < -0.3 is 9.30 Å². The Balaban J connectivity index is 1.98. The third-order valence-electron chi connectivity index (χ3n) is 4.94. The monoisotopic (exact) mass is 389 g/mol. The molecule has 144 valence electrons. The van der Waals surface area contributed by atoms with Crippen LogP contribution >= 0.6 is 0 Å². The van der Waals surface area contributed by atoms with Gasteiger partial charge in [-0.3, -0.25) is 9.59 Å². The van der Waals surface area contributed by atoms with Crippen molar-refractivity contribution in [1.29, 1.82) is 0 Å². The molecule has 3 rings (SSSR count). The summed E-state index contributed by atoms with van der Waals surface area (Å²) in [6.45, 7) is 5.43. The zero-order valence-electron chi connectivity index (χ0n) is 15.9. The maximum Gasteiger partial charge on any atom is 0.314 e. The van der Waals surface area contributed by atoms with E-state index >= 15 is 0 Å². The van der Waals surface area contributed by atoms with Crippen LogP contribution in [-0.4, -0.2) is 36.6 Å². The lowest BCUT2D eigenvalue weighted by molar-refractivity contribution is -0.142. The van der Waals surface area contributed by atoms with Gasteiger partial charge in [-0.1, -0.05) is 12.1 Å².